The average Bonchev–Trinajstić information content (AvgIpc) is 2.93. The van der Waals surface area contributed by atoms with Crippen molar-refractivity contribution < 1.29 is 4.79 Å². The summed E-state index contributed by atoms with van der Waals surface area (Å²) in [4.78, 5) is 14.5. The standard InChI is InChI=1S/C20H29N5O/c1-4-15(2)20(26)21-13-19-23-22-18-9-10-24(11-12-25(18)19)14-17-8-6-5-7-16(17)3/h5-8,15H,4,9-14H2,1-3H3,(H,21,26). The van der Waals surface area contributed by atoms with Gasteiger partial charge in [-0.3, -0.25) is 9.69 Å². The fourth-order valence-corrected chi connectivity index (χ4v) is 3.27. The van der Waals surface area contributed by atoms with E-state index in [1.165, 1.54) is 11.1 Å². The summed E-state index contributed by atoms with van der Waals surface area (Å²) >= 11 is 0. The third-order valence-corrected chi connectivity index (χ3v) is 5.33. The maximum absolute atomic E-state index is 12.0. The van der Waals surface area contributed by atoms with Gasteiger partial charge in [0.15, 0.2) is 5.82 Å². The fourth-order valence-electron chi connectivity index (χ4n) is 3.27. The van der Waals surface area contributed by atoms with Crippen molar-refractivity contribution >= 4 is 5.91 Å². The van der Waals surface area contributed by atoms with E-state index in [1.807, 2.05) is 13.8 Å². The van der Waals surface area contributed by atoms with Crippen LogP contribution in [-0.2, 0) is 30.8 Å². The number of aryl methyl sites for hydroxylation is 1. The fraction of sp³-hybridized carbons (Fsp3) is 0.550. The lowest BCUT2D eigenvalue weighted by Crippen LogP contribution is -2.30. The van der Waals surface area contributed by atoms with Crippen molar-refractivity contribution in [1.29, 1.82) is 0 Å². The molecular formula is C20H29N5O. The van der Waals surface area contributed by atoms with Gasteiger partial charge in [-0.1, -0.05) is 38.1 Å². The molecule has 1 aliphatic heterocycles. The van der Waals surface area contributed by atoms with Crippen LogP contribution in [0.4, 0.5) is 0 Å². The third kappa shape index (κ3) is 4.30. The quantitative estimate of drug-likeness (QED) is 0.864. The number of hydrogen-bond acceptors (Lipinski definition) is 4. The predicted molar refractivity (Wildman–Crippen MR) is 101 cm³/mol. The summed E-state index contributed by atoms with van der Waals surface area (Å²) in [7, 11) is 0. The van der Waals surface area contributed by atoms with E-state index in [0.29, 0.717) is 6.54 Å². The van der Waals surface area contributed by atoms with Crippen LogP contribution in [0.2, 0.25) is 0 Å². The number of hydrogen-bond donors (Lipinski definition) is 1. The van der Waals surface area contributed by atoms with E-state index in [1.54, 1.807) is 0 Å². The van der Waals surface area contributed by atoms with Crippen molar-refractivity contribution in [2.24, 2.45) is 5.92 Å². The predicted octanol–water partition coefficient (Wildman–Crippen LogP) is 2.31. The minimum absolute atomic E-state index is 0.0335. The van der Waals surface area contributed by atoms with Gasteiger partial charge < -0.3 is 9.88 Å². The van der Waals surface area contributed by atoms with Gasteiger partial charge in [0.05, 0.1) is 6.54 Å². The van der Waals surface area contributed by atoms with Crippen molar-refractivity contribution in [2.75, 3.05) is 13.1 Å². The lowest BCUT2D eigenvalue weighted by atomic mass is 10.1. The molecule has 2 aromatic rings. The van der Waals surface area contributed by atoms with Crippen LogP contribution in [0.1, 0.15) is 43.0 Å². The van der Waals surface area contributed by atoms with Crippen LogP contribution in [0.5, 0.6) is 0 Å². The lowest BCUT2D eigenvalue weighted by Gasteiger charge is -2.20. The minimum atomic E-state index is 0.0335. The number of aromatic nitrogens is 3. The molecule has 0 fully saturated rings. The molecule has 1 amide bonds. The molecular weight excluding hydrogens is 326 g/mol. The maximum Gasteiger partial charge on any atom is 0.223 e. The SMILES string of the molecule is CCC(C)C(=O)NCc1nnc2n1CCN(Cc1ccccc1C)CC2. The van der Waals surface area contributed by atoms with Crippen LogP contribution in [-0.4, -0.2) is 38.7 Å². The van der Waals surface area contributed by atoms with Gasteiger partial charge in [0.25, 0.3) is 0 Å². The Morgan fingerprint density at radius 1 is 1.23 bits per heavy atom. The van der Waals surface area contributed by atoms with Gasteiger partial charge in [-0.05, 0) is 24.5 Å². The summed E-state index contributed by atoms with van der Waals surface area (Å²) < 4.78 is 2.18. The summed E-state index contributed by atoms with van der Waals surface area (Å²) in [5, 5.41) is 11.6. The Morgan fingerprint density at radius 3 is 2.81 bits per heavy atom. The molecule has 26 heavy (non-hydrogen) atoms. The van der Waals surface area contributed by atoms with Crippen molar-refractivity contribution in [3.63, 3.8) is 0 Å². The number of fused-ring (bicyclic) bond motifs is 1. The number of benzene rings is 1. The zero-order valence-corrected chi connectivity index (χ0v) is 16.0. The van der Waals surface area contributed by atoms with Crippen molar-refractivity contribution in [2.45, 2.75) is 53.2 Å². The van der Waals surface area contributed by atoms with E-state index < -0.39 is 0 Å². The second-order valence-electron chi connectivity index (χ2n) is 7.16. The molecule has 0 radical (unpaired) electrons. The summed E-state index contributed by atoms with van der Waals surface area (Å²) in [5.41, 5.74) is 2.72. The molecule has 6 nitrogen and oxygen atoms in total. The van der Waals surface area contributed by atoms with Crippen LogP contribution in [0.15, 0.2) is 24.3 Å². The van der Waals surface area contributed by atoms with E-state index >= 15 is 0 Å². The Bertz CT molecular complexity index is 754. The monoisotopic (exact) mass is 355 g/mol. The average molecular weight is 355 g/mol. The minimum Gasteiger partial charge on any atom is -0.349 e. The first-order valence-corrected chi connectivity index (χ1v) is 9.54. The van der Waals surface area contributed by atoms with E-state index in [4.69, 9.17) is 0 Å². The van der Waals surface area contributed by atoms with Crippen molar-refractivity contribution in [1.82, 2.24) is 25.0 Å². The molecule has 1 aromatic carbocycles. The normalized spacial score (nSPS) is 16.0. The number of carbonyl (C=O) groups is 1. The summed E-state index contributed by atoms with van der Waals surface area (Å²) in [6.45, 7) is 10.4. The number of nitrogens with zero attached hydrogens (tertiary/aromatic N) is 4. The van der Waals surface area contributed by atoms with Gasteiger partial charge in [-0.2, -0.15) is 0 Å². The Hall–Kier alpha value is -2.21. The molecule has 1 atom stereocenters. The van der Waals surface area contributed by atoms with E-state index in [-0.39, 0.29) is 11.8 Å². The molecule has 6 heteroatoms. The first kappa shape index (κ1) is 18.6. The van der Waals surface area contributed by atoms with Gasteiger partial charge in [0.2, 0.25) is 5.91 Å². The van der Waals surface area contributed by atoms with Gasteiger partial charge >= 0.3 is 0 Å². The second-order valence-corrected chi connectivity index (χ2v) is 7.16. The highest BCUT2D eigenvalue weighted by Gasteiger charge is 2.20. The topological polar surface area (TPSA) is 63.1 Å². The van der Waals surface area contributed by atoms with Gasteiger partial charge in [0.1, 0.15) is 5.82 Å². The third-order valence-electron chi connectivity index (χ3n) is 5.33. The molecule has 0 spiro atoms. The van der Waals surface area contributed by atoms with Crippen LogP contribution < -0.4 is 5.32 Å². The molecule has 0 saturated heterocycles. The summed E-state index contributed by atoms with van der Waals surface area (Å²) in [6.07, 6.45) is 1.73. The lowest BCUT2D eigenvalue weighted by molar-refractivity contribution is -0.124. The van der Waals surface area contributed by atoms with Gasteiger partial charge in [-0.15, -0.1) is 10.2 Å². The van der Waals surface area contributed by atoms with Crippen LogP contribution in [0.25, 0.3) is 0 Å². The van der Waals surface area contributed by atoms with Crippen LogP contribution in [0, 0.1) is 12.8 Å². The molecule has 0 saturated carbocycles. The zero-order chi connectivity index (χ0) is 18.5. The van der Waals surface area contributed by atoms with Crippen LogP contribution >= 0.6 is 0 Å². The summed E-state index contributed by atoms with van der Waals surface area (Å²) in [6, 6.07) is 8.56. The maximum atomic E-state index is 12.0. The molecule has 1 aromatic heterocycles. The highest BCUT2D eigenvalue weighted by molar-refractivity contribution is 5.78. The van der Waals surface area contributed by atoms with E-state index in [2.05, 4.69) is 56.2 Å². The summed E-state index contributed by atoms with van der Waals surface area (Å²) in [5.74, 6) is 1.99. The Kier molecular flexibility index (Phi) is 6.04. The van der Waals surface area contributed by atoms with Gasteiger partial charge in [-0.25, -0.2) is 0 Å². The first-order valence-electron chi connectivity index (χ1n) is 9.54. The Morgan fingerprint density at radius 2 is 2.04 bits per heavy atom. The second kappa shape index (κ2) is 8.45. The van der Waals surface area contributed by atoms with Crippen LogP contribution in [0.3, 0.4) is 0 Å². The first-order chi connectivity index (χ1) is 12.6. The smallest absolute Gasteiger partial charge is 0.223 e. The number of amides is 1. The molecule has 3 rings (SSSR count). The van der Waals surface area contributed by atoms with E-state index in [9.17, 15) is 4.79 Å². The number of carbonyl (C=O) groups excluding carboxylic acids is 1. The highest BCUT2D eigenvalue weighted by Crippen LogP contribution is 2.15. The number of nitrogens with one attached hydrogen (secondary N) is 1. The molecule has 140 valence electrons. The molecule has 2 heterocycles. The Labute approximate surface area is 155 Å². The molecule has 1 N–H and O–H groups in total. The number of rotatable bonds is 6. The Balaban J connectivity index is 1.61. The zero-order valence-electron chi connectivity index (χ0n) is 16.0. The molecule has 0 bridgehead atoms. The van der Waals surface area contributed by atoms with Gasteiger partial charge in [0, 0.05) is 38.5 Å². The van der Waals surface area contributed by atoms with Crippen molar-refractivity contribution in [3.05, 3.63) is 47.0 Å². The largest absolute Gasteiger partial charge is 0.349 e. The van der Waals surface area contributed by atoms with Crippen molar-refractivity contribution in [3.8, 4) is 0 Å². The molecule has 1 aliphatic rings. The molecule has 1 unspecified atom stereocenters. The van der Waals surface area contributed by atoms with E-state index in [0.717, 1.165) is 50.7 Å². The molecule has 0 aliphatic carbocycles. The highest BCUT2D eigenvalue weighted by atomic mass is 16.1.